The van der Waals surface area contributed by atoms with Crippen LogP contribution < -0.4 is 15.4 Å². The molecule has 31 heavy (non-hydrogen) atoms. The molecule has 2 N–H and O–H groups in total. The number of pyridine rings is 1. The molecule has 0 radical (unpaired) electrons. The number of aliphatic imine (C=N–C) groups is 1. The Morgan fingerprint density at radius 3 is 2.65 bits per heavy atom. The van der Waals surface area contributed by atoms with Gasteiger partial charge in [-0.2, -0.15) is 0 Å². The fourth-order valence-electron chi connectivity index (χ4n) is 2.96. The van der Waals surface area contributed by atoms with Crippen molar-refractivity contribution in [2.45, 2.75) is 26.3 Å². The summed E-state index contributed by atoms with van der Waals surface area (Å²) in [6.45, 7) is 5.56. The van der Waals surface area contributed by atoms with E-state index in [2.05, 4.69) is 20.8 Å². The van der Waals surface area contributed by atoms with Crippen LogP contribution in [-0.2, 0) is 17.7 Å². The largest absolute Gasteiger partial charge is 0.497 e. The highest BCUT2D eigenvalue weighted by Crippen LogP contribution is 2.11. The van der Waals surface area contributed by atoms with E-state index < -0.39 is 0 Å². The summed E-state index contributed by atoms with van der Waals surface area (Å²) in [6, 6.07) is 13.8. The van der Waals surface area contributed by atoms with E-state index >= 15 is 0 Å². The Balaban J connectivity index is 0.00000341. The summed E-state index contributed by atoms with van der Waals surface area (Å²) in [4.78, 5) is 4.72. The second-order valence-electron chi connectivity index (χ2n) is 6.71. The Morgan fingerprint density at radius 2 is 1.87 bits per heavy atom. The minimum Gasteiger partial charge on any atom is -0.497 e. The molecule has 0 amide bonds. The molecule has 2 heterocycles. The van der Waals surface area contributed by atoms with Gasteiger partial charge in [0.2, 0.25) is 0 Å². The van der Waals surface area contributed by atoms with Crippen molar-refractivity contribution < 1.29 is 9.47 Å². The summed E-state index contributed by atoms with van der Waals surface area (Å²) in [7, 11) is 1.67. The number of hydrogen-bond acceptors (Lipinski definition) is 5. The van der Waals surface area contributed by atoms with Gasteiger partial charge in [0, 0.05) is 38.9 Å². The molecular weight excluding hydrogens is 507 g/mol. The van der Waals surface area contributed by atoms with Crippen LogP contribution >= 0.6 is 24.0 Å². The molecule has 168 valence electrons. The van der Waals surface area contributed by atoms with Gasteiger partial charge in [-0.1, -0.05) is 18.2 Å². The minimum absolute atomic E-state index is 0. The van der Waals surface area contributed by atoms with E-state index in [1.165, 1.54) is 0 Å². The molecule has 0 spiro atoms. The Bertz CT molecular complexity index is 929. The summed E-state index contributed by atoms with van der Waals surface area (Å²) in [5, 5.41) is 15.3. The van der Waals surface area contributed by atoms with E-state index in [0.717, 1.165) is 61.3 Å². The first-order valence-electron chi connectivity index (χ1n) is 10.3. The molecule has 0 aliphatic carbocycles. The number of nitrogens with one attached hydrogen (secondary N) is 2. The Hall–Kier alpha value is -2.40. The standard InChI is InChI=1S/C22H30N6O2.HI/c1-3-30-16-6-13-23-22(25-17-18-8-10-19(29-2)11-9-18)24-14-12-21-27-26-20-7-4-5-15-28(20)21;/h4-5,7-11,15H,3,6,12-14,16-17H2,1-2H3,(H2,23,24,25);1H. The molecule has 1 aromatic carbocycles. The lowest BCUT2D eigenvalue weighted by atomic mass is 10.2. The van der Waals surface area contributed by atoms with Crippen molar-refractivity contribution >= 4 is 35.6 Å². The monoisotopic (exact) mass is 538 g/mol. The SMILES string of the molecule is CCOCCCNC(=NCc1ccc(OC)cc1)NCCc1nnc2ccccn12.I. The lowest BCUT2D eigenvalue weighted by Crippen LogP contribution is -2.39. The molecule has 0 aliphatic rings. The summed E-state index contributed by atoms with van der Waals surface area (Å²) in [6.07, 6.45) is 3.65. The van der Waals surface area contributed by atoms with Crippen LogP contribution in [0.3, 0.4) is 0 Å². The van der Waals surface area contributed by atoms with Crippen molar-refractivity contribution in [3.05, 3.63) is 60.0 Å². The van der Waals surface area contributed by atoms with Crippen LogP contribution in [0.15, 0.2) is 53.7 Å². The van der Waals surface area contributed by atoms with Crippen LogP contribution in [0.5, 0.6) is 5.75 Å². The fraction of sp³-hybridized carbons (Fsp3) is 0.409. The molecule has 3 aromatic rings. The van der Waals surface area contributed by atoms with Gasteiger partial charge in [0.15, 0.2) is 11.6 Å². The first-order valence-corrected chi connectivity index (χ1v) is 10.3. The summed E-state index contributed by atoms with van der Waals surface area (Å²) in [5.41, 5.74) is 1.98. The first kappa shape index (κ1) is 24.9. The third-order valence-electron chi connectivity index (χ3n) is 4.57. The summed E-state index contributed by atoms with van der Waals surface area (Å²) in [5.74, 6) is 2.54. The van der Waals surface area contributed by atoms with Gasteiger partial charge in [0.25, 0.3) is 0 Å². The Kier molecular flexibility index (Phi) is 11.1. The average Bonchev–Trinajstić information content (AvgIpc) is 3.20. The molecule has 0 saturated heterocycles. The van der Waals surface area contributed by atoms with Gasteiger partial charge in [-0.3, -0.25) is 4.40 Å². The molecular formula is C22H31IN6O2. The Morgan fingerprint density at radius 1 is 1.06 bits per heavy atom. The molecule has 0 fully saturated rings. The number of methoxy groups -OCH3 is 1. The zero-order valence-electron chi connectivity index (χ0n) is 18.1. The van der Waals surface area contributed by atoms with Crippen molar-refractivity contribution in [3.63, 3.8) is 0 Å². The van der Waals surface area contributed by atoms with Gasteiger partial charge in [-0.25, -0.2) is 4.99 Å². The van der Waals surface area contributed by atoms with Gasteiger partial charge in [0.05, 0.1) is 13.7 Å². The number of fused-ring (bicyclic) bond motifs is 1. The molecule has 2 aromatic heterocycles. The topological polar surface area (TPSA) is 85.1 Å². The zero-order valence-corrected chi connectivity index (χ0v) is 20.4. The van der Waals surface area contributed by atoms with E-state index in [1.807, 2.05) is 60.0 Å². The quantitative estimate of drug-likeness (QED) is 0.169. The summed E-state index contributed by atoms with van der Waals surface area (Å²) >= 11 is 0. The summed E-state index contributed by atoms with van der Waals surface area (Å²) < 4.78 is 12.6. The smallest absolute Gasteiger partial charge is 0.191 e. The van der Waals surface area contributed by atoms with Gasteiger partial charge in [-0.15, -0.1) is 34.2 Å². The lowest BCUT2D eigenvalue weighted by molar-refractivity contribution is 0.145. The fourth-order valence-corrected chi connectivity index (χ4v) is 2.96. The maximum atomic E-state index is 5.41. The third kappa shape index (κ3) is 7.98. The highest BCUT2D eigenvalue weighted by atomic mass is 127. The van der Waals surface area contributed by atoms with Crippen LogP contribution in [0.25, 0.3) is 5.65 Å². The maximum Gasteiger partial charge on any atom is 0.191 e. The van der Waals surface area contributed by atoms with Gasteiger partial charge in [0.1, 0.15) is 11.6 Å². The first-order chi connectivity index (χ1) is 14.8. The molecule has 9 heteroatoms. The van der Waals surface area contributed by atoms with Crippen molar-refractivity contribution in [2.24, 2.45) is 4.99 Å². The third-order valence-corrected chi connectivity index (χ3v) is 4.57. The van der Waals surface area contributed by atoms with E-state index in [4.69, 9.17) is 14.5 Å². The van der Waals surface area contributed by atoms with E-state index in [9.17, 15) is 0 Å². The molecule has 0 bridgehead atoms. The van der Waals surface area contributed by atoms with E-state index in [1.54, 1.807) is 7.11 Å². The van der Waals surface area contributed by atoms with Crippen molar-refractivity contribution in [2.75, 3.05) is 33.4 Å². The number of guanidine groups is 1. The number of nitrogens with zero attached hydrogens (tertiary/aromatic N) is 4. The highest BCUT2D eigenvalue weighted by molar-refractivity contribution is 14.0. The number of rotatable bonds is 11. The number of hydrogen-bond donors (Lipinski definition) is 2. The number of halogens is 1. The second kappa shape index (κ2) is 13.8. The van der Waals surface area contributed by atoms with Crippen molar-refractivity contribution in [3.8, 4) is 5.75 Å². The molecule has 3 rings (SSSR count). The van der Waals surface area contributed by atoms with E-state index in [-0.39, 0.29) is 24.0 Å². The second-order valence-corrected chi connectivity index (χ2v) is 6.71. The minimum atomic E-state index is 0. The normalized spacial score (nSPS) is 11.2. The number of ether oxygens (including phenoxy) is 2. The number of benzene rings is 1. The Labute approximate surface area is 200 Å². The van der Waals surface area contributed by atoms with Crippen molar-refractivity contribution in [1.82, 2.24) is 25.2 Å². The molecule has 8 nitrogen and oxygen atoms in total. The zero-order chi connectivity index (χ0) is 21.0. The van der Waals surface area contributed by atoms with Crippen molar-refractivity contribution in [1.29, 1.82) is 0 Å². The van der Waals surface area contributed by atoms with Gasteiger partial charge < -0.3 is 20.1 Å². The predicted molar refractivity (Wildman–Crippen MR) is 133 cm³/mol. The molecule has 0 unspecified atom stereocenters. The van der Waals surface area contributed by atoms with Crippen LogP contribution in [0.4, 0.5) is 0 Å². The van der Waals surface area contributed by atoms with Crippen LogP contribution in [0.2, 0.25) is 0 Å². The molecule has 0 saturated carbocycles. The highest BCUT2D eigenvalue weighted by Gasteiger charge is 2.05. The number of aromatic nitrogens is 3. The van der Waals surface area contributed by atoms with Crippen LogP contribution in [0, 0.1) is 0 Å². The van der Waals surface area contributed by atoms with Crippen LogP contribution in [0.1, 0.15) is 24.7 Å². The van der Waals surface area contributed by atoms with E-state index in [0.29, 0.717) is 13.1 Å². The lowest BCUT2D eigenvalue weighted by Gasteiger charge is -2.12. The molecule has 0 atom stereocenters. The molecule has 0 aliphatic heterocycles. The maximum absolute atomic E-state index is 5.41. The van der Waals surface area contributed by atoms with Gasteiger partial charge in [-0.05, 0) is 43.2 Å². The average molecular weight is 538 g/mol. The van der Waals surface area contributed by atoms with Crippen LogP contribution in [-0.4, -0.2) is 54.0 Å². The van der Waals surface area contributed by atoms with Gasteiger partial charge >= 0.3 is 0 Å². The predicted octanol–water partition coefficient (Wildman–Crippen LogP) is 3.06.